The molecule has 0 amide bonds. The fourth-order valence-electron chi connectivity index (χ4n) is 2.26. The lowest BCUT2D eigenvalue weighted by molar-refractivity contribution is 0.205. The average molecular weight is 245 g/mol. The maximum absolute atomic E-state index is 5.83. The summed E-state index contributed by atoms with van der Waals surface area (Å²) in [6, 6.07) is 0.565. The minimum Gasteiger partial charge on any atom is -0.329 e. The van der Waals surface area contributed by atoms with Crippen molar-refractivity contribution in [3.05, 3.63) is 0 Å². The molecule has 0 aromatic heterocycles. The van der Waals surface area contributed by atoms with Crippen molar-refractivity contribution in [1.29, 1.82) is 0 Å². The van der Waals surface area contributed by atoms with Gasteiger partial charge >= 0.3 is 0 Å². The number of nitrogens with zero attached hydrogens (tertiary/aromatic N) is 2. The third-order valence-corrected chi connectivity index (χ3v) is 4.16. The Bertz CT molecular complexity index is 172. The van der Waals surface area contributed by atoms with Crippen molar-refractivity contribution < 1.29 is 0 Å². The summed E-state index contributed by atoms with van der Waals surface area (Å²) in [6.07, 6.45) is 6.15. The van der Waals surface area contributed by atoms with Crippen LogP contribution in [0.5, 0.6) is 0 Å². The molecular weight excluding hydrogens is 218 g/mol. The molecule has 1 saturated heterocycles. The van der Waals surface area contributed by atoms with Gasteiger partial charge in [-0.25, -0.2) is 0 Å². The van der Waals surface area contributed by atoms with Crippen LogP contribution in [0, 0.1) is 0 Å². The van der Waals surface area contributed by atoms with Gasteiger partial charge in [0.1, 0.15) is 0 Å². The predicted octanol–water partition coefficient (Wildman–Crippen LogP) is 1.09. The lowest BCUT2D eigenvalue weighted by Gasteiger charge is -2.28. The van der Waals surface area contributed by atoms with E-state index >= 15 is 0 Å². The van der Waals surface area contributed by atoms with E-state index in [1.807, 2.05) is 11.8 Å². The molecule has 16 heavy (non-hydrogen) atoms. The van der Waals surface area contributed by atoms with Crippen LogP contribution in [-0.4, -0.2) is 67.6 Å². The molecule has 1 unspecified atom stereocenters. The van der Waals surface area contributed by atoms with E-state index in [1.165, 1.54) is 44.6 Å². The van der Waals surface area contributed by atoms with E-state index in [-0.39, 0.29) is 0 Å². The molecule has 2 N–H and O–H groups in total. The zero-order valence-electron chi connectivity index (χ0n) is 10.8. The zero-order valence-corrected chi connectivity index (χ0v) is 11.6. The minimum absolute atomic E-state index is 0.565. The third kappa shape index (κ3) is 5.04. The maximum atomic E-state index is 5.83. The van der Waals surface area contributed by atoms with E-state index in [0.717, 1.165) is 13.1 Å². The van der Waals surface area contributed by atoms with E-state index < -0.39 is 0 Å². The van der Waals surface area contributed by atoms with Crippen LogP contribution in [0.1, 0.15) is 19.3 Å². The predicted molar refractivity (Wildman–Crippen MR) is 74.1 cm³/mol. The number of likely N-dealkylation sites (N-methyl/N-ethyl adjacent to an activating group) is 1. The molecule has 1 aliphatic heterocycles. The molecule has 0 saturated carbocycles. The molecule has 0 bridgehead atoms. The molecule has 1 atom stereocenters. The monoisotopic (exact) mass is 245 g/mol. The van der Waals surface area contributed by atoms with Crippen LogP contribution in [0.25, 0.3) is 0 Å². The fourth-order valence-corrected chi connectivity index (χ4v) is 2.77. The summed E-state index contributed by atoms with van der Waals surface area (Å²) in [5.41, 5.74) is 5.83. The Hall–Kier alpha value is 0.230. The van der Waals surface area contributed by atoms with Gasteiger partial charge in [0.2, 0.25) is 0 Å². The molecule has 3 nitrogen and oxygen atoms in total. The van der Waals surface area contributed by atoms with Crippen LogP contribution >= 0.6 is 11.8 Å². The van der Waals surface area contributed by atoms with Gasteiger partial charge in [-0.15, -0.1) is 0 Å². The van der Waals surface area contributed by atoms with Crippen LogP contribution in [0.15, 0.2) is 0 Å². The number of hydrogen-bond donors (Lipinski definition) is 1. The number of nitrogens with two attached hydrogens (primary N) is 1. The van der Waals surface area contributed by atoms with Gasteiger partial charge in [0.25, 0.3) is 0 Å². The summed E-state index contributed by atoms with van der Waals surface area (Å²) in [6.45, 7) is 5.76. The number of likely N-dealkylation sites (tertiary alicyclic amines) is 1. The lowest BCUT2D eigenvalue weighted by Crippen LogP contribution is -2.42. The Kier molecular flexibility index (Phi) is 7.45. The molecule has 0 aromatic rings. The smallest absolute Gasteiger partial charge is 0.0223 e. The Morgan fingerprint density at radius 2 is 2.06 bits per heavy atom. The van der Waals surface area contributed by atoms with Crippen molar-refractivity contribution in [2.75, 3.05) is 51.8 Å². The van der Waals surface area contributed by atoms with E-state index in [4.69, 9.17) is 5.73 Å². The van der Waals surface area contributed by atoms with Crippen molar-refractivity contribution >= 4 is 11.8 Å². The lowest BCUT2D eigenvalue weighted by atomic mass is 10.2. The van der Waals surface area contributed by atoms with Gasteiger partial charge in [0.15, 0.2) is 0 Å². The largest absolute Gasteiger partial charge is 0.329 e. The Morgan fingerprint density at radius 3 is 2.62 bits per heavy atom. The zero-order chi connectivity index (χ0) is 11.8. The standard InChI is InChI=1S/C12H27N3S/c1-14(12(11-13)5-10-16-2)8-9-15-6-3-4-7-15/h12H,3-11,13H2,1-2H3. The van der Waals surface area contributed by atoms with Crippen LogP contribution in [0.2, 0.25) is 0 Å². The molecule has 1 rings (SSSR count). The van der Waals surface area contributed by atoms with Crippen molar-refractivity contribution in [3.8, 4) is 0 Å². The van der Waals surface area contributed by atoms with Gasteiger partial charge in [-0.2, -0.15) is 11.8 Å². The summed E-state index contributed by atoms with van der Waals surface area (Å²) in [7, 11) is 2.22. The first kappa shape index (κ1) is 14.3. The molecule has 1 fully saturated rings. The van der Waals surface area contributed by atoms with Gasteiger partial charge in [-0.3, -0.25) is 0 Å². The molecule has 1 heterocycles. The highest BCUT2D eigenvalue weighted by Crippen LogP contribution is 2.09. The quantitative estimate of drug-likeness (QED) is 0.694. The molecule has 0 radical (unpaired) electrons. The summed E-state index contributed by atoms with van der Waals surface area (Å²) in [5.74, 6) is 1.22. The van der Waals surface area contributed by atoms with Crippen molar-refractivity contribution in [2.45, 2.75) is 25.3 Å². The van der Waals surface area contributed by atoms with E-state index in [0.29, 0.717) is 6.04 Å². The minimum atomic E-state index is 0.565. The van der Waals surface area contributed by atoms with Crippen molar-refractivity contribution in [2.24, 2.45) is 5.73 Å². The van der Waals surface area contributed by atoms with Gasteiger partial charge in [0.05, 0.1) is 0 Å². The Morgan fingerprint density at radius 1 is 1.38 bits per heavy atom. The highest BCUT2D eigenvalue weighted by Gasteiger charge is 2.15. The first-order chi connectivity index (χ1) is 7.77. The summed E-state index contributed by atoms with van der Waals surface area (Å²) in [4.78, 5) is 5.01. The van der Waals surface area contributed by atoms with E-state index in [1.54, 1.807) is 0 Å². The summed E-state index contributed by atoms with van der Waals surface area (Å²) < 4.78 is 0. The summed E-state index contributed by atoms with van der Waals surface area (Å²) in [5, 5.41) is 0. The fraction of sp³-hybridized carbons (Fsp3) is 1.00. The SMILES string of the molecule is CSCCC(CN)N(C)CCN1CCCC1. The molecule has 4 heteroatoms. The van der Waals surface area contributed by atoms with E-state index in [2.05, 4.69) is 23.1 Å². The first-order valence-electron chi connectivity index (χ1n) is 6.39. The van der Waals surface area contributed by atoms with Crippen molar-refractivity contribution in [1.82, 2.24) is 9.80 Å². The third-order valence-electron chi connectivity index (χ3n) is 3.52. The Labute approximate surface area is 105 Å². The second-order valence-electron chi connectivity index (χ2n) is 4.70. The van der Waals surface area contributed by atoms with Crippen LogP contribution in [-0.2, 0) is 0 Å². The van der Waals surface area contributed by atoms with Gasteiger partial charge in [0, 0.05) is 25.7 Å². The van der Waals surface area contributed by atoms with Crippen LogP contribution in [0.3, 0.4) is 0 Å². The number of rotatable bonds is 8. The second kappa shape index (κ2) is 8.34. The number of hydrogen-bond acceptors (Lipinski definition) is 4. The highest BCUT2D eigenvalue weighted by atomic mass is 32.2. The normalized spacial score (nSPS) is 19.5. The maximum Gasteiger partial charge on any atom is 0.0223 e. The summed E-state index contributed by atoms with van der Waals surface area (Å²) >= 11 is 1.91. The molecular formula is C12H27N3S. The second-order valence-corrected chi connectivity index (χ2v) is 5.69. The van der Waals surface area contributed by atoms with Gasteiger partial charge < -0.3 is 15.5 Å². The molecule has 96 valence electrons. The van der Waals surface area contributed by atoms with Crippen LogP contribution in [0.4, 0.5) is 0 Å². The first-order valence-corrected chi connectivity index (χ1v) is 7.79. The van der Waals surface area contributed by atoms with Gasteiger partial charge in [-0.1, -0.05) is 0 Å². The molecule has 0 aliphatic carbocycles. The topological polar surface area (TPSA) is 32.5 Å². The molecule has 1 aliphatic rings. The molecule has 0 aromatic carbocycles. The van der Waals surface area contributed by atoms with Crippen molar-refractivity contribution in [3.63, 3.8) is 0 Å². The highest BCUT2D eigenvalue weighted by molar-refractivity contribution is 7.98. The van der Waals surface area contributed by atoms with Gasteiger partial charge in [-0.05, 0) is 51.4 Å². The van der Waals surface area contributed by atoms with Crippen LogP contribution < -0.4 is 5.73 Å². The Balaban J connectivity index is 2.17. The average Bonchev–Trinajstić information content (AvgIpc) is 2.80. The number of thioether (sulfide) groups is 1. The van der Waals surface area contributed by atoms with E-state index in [9.17, 15) is 0 Å². The molecule has 0 spiro atoms.